The Morgan fingerprint density at radius 1 is 0.931 bits per heavy atom. The molecule has 0 aromatic heterocycles. The maximum Gasteiger partial charge on any atom is 0.246 e. The molecule has 1 fully saturated rings. The number of nitrogens with one attached hydrogen (secondary N) is 3. The van der Waals surface area contributed by atoms with Crippen LogP contribution in [0, 0.1) is 0 Å². The van der Waals surface area contributed by atoms with Crippen molar-refractivity contribution in [1.82, 2.24) is 0 Å². The van der Waals surface area contributed by atoms with Crippen LogP contribution in [0.4, 0.5) is 22.7 Å². The molecule has 29 heavy (non-hydrogen) atoms. The van der Waals surface area contributed by atoms with Crippen LogP contribution in [0.1, 0.15) is 20.3 Å². The maximum atomic E-state index is 12.5. The summed E-state index contributed by atoms with van der Waals surface area (Å²) in [6, 6.07) is 14.8. The van der Waals surface area contributed by atoms with Gasteiger partial charge >= 0.3 is 0 Å². The number of carbonyl (C=O) groups is 2. The molecule has 3 rings (SSSR count). The van der Waals surface area contributed by atoms with Crippen LogP contribution in [0.2, 0.25) is 0 Å². The summed E-state index contributed by atoms with van der Waals surface area (Å²) >= 11 is 0. The van der Waals surface area contributed by atoms with Crippen LogP contribution in [0.5, 0.6) is 0 Å². The van der Waals surface area contributed by atoms with Crippen LogP contribution in [-0.2, 0) is 14.3 Å². The molecule has 0 saturated carbocycles. The molecule has 7 nitrogen and oxygen atoms in total. The van der Waals surface area contributed by atoms with Gasteiger partial charge in [0.25, 0.3) is 0 Å². The molecule has 1 aliphatic heterocycles. The molecule has 2 amide bonds. The number of morpholine rings is 1. The molecular formula is C22H28N4O3. The second-order valence-electron chi connectivity index (χ2n) is 6.98. The summed E-state index contributed by atoms with van der Waals surface area (Å²) in [4.78, 5) is 26.2. The first kappa shape index (κ1) is 20.7. The third-order valence-corrected chi connectivity index (χ3v) is 4.78. The van der Waals surface area contributed by atoms with E-state index in [0.717, 1.165) is 49.1 Å². The standard InChI is InChI=1S/C22H28N4O3/c1-3-21(27)24-18-6-4-17(5-7-18)23-16(2)22(28)25-19-8-10-20(11-9-19)26-12-14-29-15-13-26/h4-11,16,23H,3,12-15H2,1-2H3,(H,24,27)(H,25,28). The molecule has 7 heteroatoms. The van der Waals surface area contributed by atoms with Crippen molar-refractivity contribution < 1.29 is 14.3 Å². The number of carbonyl (C=O) groups excluding carboxylic acids is 2. The van der Waals surface area contributed by atoms with Gasteiger partial charge in [0, 0.05) is 42.3 Å². The van der Waals surface area contributed by atoms with Crippen molar-refractivity contribution in [2.45, 2.75) is 26.3 Å². The molecule has 3 N–H and O–H groups in total. The monoisotopic (exact) mass is 396 g/mol. The number of nitrogens with zero attached hydrogens (tertiary/aromatic N) is 1. The molecule has 1 heterocycles. The van der Waals surface area contributed by atoms with Gasteiger partial charge in [0.15, 0.2) is 0 Å². The van der Waals surface area contributed by atoms with Crippen LogP contribution in [0.15, 0.2) is 48.5 Å². The molecule has 0 bridgehead atoms. The van der Waals surface area contributed by atoms with Crippen LogP contribution in [0.25, 0.3) is 0 Å². The van der Waals surface area contributed by atoms with Gasteiger partial charge in [0.1, 0.15) is 6.04 Å². The van der Waals surface area contributed by atoms with Gasteiger partial charge in [-0.15, -0.1) is 0 Å². The Bertz CT molecular complexity index is 815. The Hall–Kier alpha value is -3.06. The molecule has 1 atom stereocenters. The zero-order valence-electron chi connectivity index (χ0n) is 16.9. The highest BCUT2D eigenvalue weighted by molar-refractivity contribution is 5.96. The summed E-state index contributed by atoms with van der Waals surface area (Å²) in [7, 11) is 0. The quantitative estimate of drug-likeness (QED) is 0.669. The second-order valence-corrected chi connectivity index (χ2v) is 6.98. The second kappa shape index (κ2) is 9.93. The largest absolute Gasteiger partial charge is 0.378 e. The summed E-state index contributed by atoms with van der Waals surface area (Å²) in [5.41, 5.74) is 3.44. The Morgan fingerprint density at radius 2 is 1.48 bits per heavy atom. The number of hydrogen-bond donors (Lipinski definition) is 3. The summed E-state index contributed by atoms with van der Waals surface area (Å²) in [5, 5.41) is 8.91. The Kier molecular flexibility index (Phi) is 7.08. The van der Waals surface area contributed by atoms with Crippen LogP contribution >= 0.6 is 0 Å². The fourth-order valence-corrected chi connectivity index (χ4v) is 3.04. The van der Waals surface area contributed by atoms with E-state index >= 15 is 0 Å². The van der Waals surface area contributed by atoms with Crippen molar-refractivity contribution in [2.24, 2.45) is 0 Å². The summed E-state index contributed by atoms with van der Waals surface area (Å²) < 4.78 is 5.38. The SMILES string of the molecule is CCC(=O)Nc1ccc(NC(C)C(=O)Nc2ccc(N3CCOCC3)cc2)cc1. The van der Waals surface area contributed by atoms with Gasteiger partial charge < -0.3 is 25.6 Å². The van der Waals surface area contributed by atoms with Gasteiger partial charge in [0.05, 0.1) is 13.2 Å². The van der Waals surface area contributed by atoms with Gasteiger partial charge in [-0.25, -0.2) is 0 Å². The minimum absolute atomic E-state index is 0.0295. The molecule has 0 aliphatic carbocycles. The lowest BCUT2D eigenvalue weighted by Gasteiger charge is -2.29. The van der Waals surface area contributed by atoms with Crippen molar-refractivity contribution in [2.75, 3.05) is 47.2 Å². The van der Waals surface area contributed by atoms with Crippen LogP contribution < -0.4 is 20.9 Å². The van der Waals surface area contributed by atoms with E-state index in [9.17, 15) is 9.59 Å². The molecule has 0 spiro atoms. The number of amides is 2. The van der Waals surface area contributed by atoms with E-state index in [1.807, 2.05) is 62.4 Å². The highest BCUT2D eigenvalue weighted by atomic mass is 16.5. The predicted molar refractivity (Wildman–Crippen MR) is 117 cm³/mol. The predicted octanol–water partition coefficient (Wildman–Crippen LogP) is 3.31. The van der Waals surface area contributed by atoms with Crippen molar-refractivity contribution in [3.63, 3.8) is 0 Å². The lowest BCUT2D eigenvalue weighted by Crippen LogP contribution is -2.36. The van der Waals surface area contributed by atoms with E-state index in [2.05, 4.69) is 20.9 Å². The molecule has 1 aliphatic rings. The minimum atomic E-state index is -0.412. The van der Waals surface area contributed by atoms with E-state index in [4.69, 9.17) is 4.74 Å². The zero-order chi connectivity index (χ0) is 20.6. The van der Waals surface area contributed by atoms with Gasteiger partial charge in [-0.3, -0.25) is 9.59 Å². The van der Waals surface area contributed by atoms with Crippen molar-refractivity contribution in [1.29, 1.82) is 0 Å². The van der Waals surface area contributed by atoms with Gasteiger partial charge in [-0.05, 0) is 55.5 Å². The van der Waals surface area contributed by atoms with Crippen molar-refractivity contribution in [3.8, 4) is 0 Å². The van der Waals surface area contributed by atoms with E-state index in [1.165, 1.54) is 0 Å². The Labute approximate surface area is 171 Å². The Balaban J connectivity index is 1.51. The average Bonchev–Trinajstić information content (AvgIpc) is 2.76. The highest BCUT2D eigenvalue weighted by Gasteiger charge is 2.14. The lowest BCUT2D eigenvalue weighted by atomic mass is 10.2. The first-order valence-corrected chi connectivity index (χ1v) is 9.95. The van der Waals surface area contributed by atoms with Crippen molar-refractivity contribution >= 4 is 34.6 Å². The van der Waals surface area contributed by atoms with E-state index in [0.29, 0.717) is 6.42 Å². The molecule has 2 aromatic carbocycles. The molecule has 1 saturated heterocycles. The number of ether oxygens (including phenoxy) is 1. The third-order valence-electron chi connectivity index (χ3n) is 4.78. The normalized spacial score (nSPS) is 14.8. The number of rotatable bonds is 7. The smallest absolute Gasteiger partial charge is 0.246 e. The molecule has 154 valence electrons. The number of anilines is 4. The van der Waals surface area contributed by atoms with Gasteiger partial charge in [-0.2, -0.15) is 0 Å². The van der Waals surface area contributed by atoms with Gasteiger partial charge in [0.2, 0.25) is 11.8 Å². The van der Waals surface area contributed by atoms with Crippen LogP contribution in [-0.4, -0.2) is 44.2 Å². The van der Waals surface area contributed by atoms with Crippen LogP contribution in [0.3, 0.4) is 0 Å². The molecule has 2 aromatic rings. The fourth-order valence-electron chi connectivity index (χ4n) is 3.04. The first-order valence-electron chi connectivity index (χ1n) is 9.95. The lowest BCUT2D eigenvalue weighted by molar-refractivity contribution is -0.117. The molecule has 0 radical (unpaired) electrons. The average molecular weight is 396 g/mol. The minimum Gasteiger partial charge on any atom is -0.378 e. The number of benzene rings is 2. The highest BCUT2D eigenvalue weighted by Crippen LogP contribution is 2.20. The summed E-state index contributed by atoms with van der Waals surface area (Å²) in [5.74, 6) is -0.148. The maximum absolute atomic E-state index is 12.5. The number of hydrogen-bond acceptors (Lipinski definition) is 5. The van der Waals surface area contributed by atoms with E-state index in [1.54, 1.807) is 0 Å². The van der Waals surface area contributed by atoms with E-state index in [-0.39, 0.29) is 11.8 Å². The molecule has 1 unspecified atom stereocenters. The fraction of sp³-hybridized carbons (Fsp3) is 0.364. The summed E-state index contributed by atoms with van der Waals surface area (Å²) in [6.07, 6.45) is 0.435. The molecular weight excluding hydrogens is 368 g/mol. The third kappa shape index (κ3) is 5.96. The summed E-state index contributed by atoms with van der Waals surface area (Å²) in [6.45, 7) is 6.87. The zero-order valence-corrected chi connectivity index (χ0v) is 16.9. The van der Waals surface area contributed by atoms with Gasteiger partial charge in [-0.1, -0.05) is 6.92 Å². The first-order chi connectivity index (χ1) is 14.0. The topological polar surface area (TPSA) is 82.7 Å². The van der Waals surface area contributed by atoms with E-state index < -0.39 is 6.04 Å². The Morgan fingerprint density at radius 3 is 2.10 bits per heavy atom. The van der Waals surface area contributed by atoms with Crippen molar-refractivity contribution in [3.05, 3.63) is 48.5 Å².